The summed E-state index contributed by atoms with van der Waals surface area (Å²) in [5.74, 6) is 0. The van der Waals surface area contributed by atoms with Crippen LogP contribution in [0, 0.1) is 5.53 Å². The van der Waals surface area contributed by atoms with Gasteiger partial charge in [0, 0.05) is 0 Å². The Morgan fingerprint density at radius 1 is 0.846 bits per heavy atom. The Morgan fingerprint density at radius 2 is 1.38 bits per heavy atom. The van der Waals surface area contributed by atoms with E-state index in [0.29, 0.717) is 0 Å². The molecular formula is C19H17HgN5S. The van der Waals surface area contributed by atoms with Crippen molar-refractivity contribution in [3.05, 3.63) is 84.9 Å². The molecule has 0 aliphatic rings. The number of hydrogen-bond acceptors (Lipinski definition) is 4. The van der Waals surface area contributed by atoms with Crippen molar-refractivity contribution in [1.82, 2.24) is 0 Å². The first kappa shape index (κ1) is 18.5. The Kier molecular flexibility index (Phi) is 6.30. The van der Waals surface area contributed by atoms with Crippen molar-refractivity contribution < 1.29 is 24.9 Å². The summed E-state index contributed by atoms with van der Waals surface area (Å²) in [5, 5.41) is 5.64. The van der Waals surface area contributed by atoms with Gasteiger partial charge in [-0.05, 0) is 0 Å². The van der Waals surface area contributed by atoms with Gasteiger partial charge in [0.15, 0.2) is 0 Å². The van der Waals surface area contributed by atoms with Crippen molar-refractivity contribution in [2.75, 3.05) is 13.5 Å². The number of hydrogen-bond donors (Lipinski definition) is 2. The van der Waals surface area contributed by atoms with Crippen LogP contribution in [0.3, 0.4) is 0 Å². The number of nitrogens with two attached hydrogens (primary N) is 1. The van der Waals surface area contributed by atoms with Crippen LogP contribution >= 0.6 is 12.2 Å². The second kappa shape index (κ2) is 8.87. The van der Waals surface area contributed by atoms with E-state index in [1.807, 2.05) is 65.7 Å². The summed E-state index contributed by atoms with van der Waals surface area (Å²) in [6, 6.07) is 27.9. The van der Waals surface area contributed by atoms with Crippen LogP contribution < -0.4 is 16.6 Å². The summed E-state index contributed by atoms with van der Waals surface area (Å²) in [6.45, 7) is 0. The van der Waals surface area contributed by atoms with Gasteiger partial charge in [-0.2, -0.15) is 0 Å². The van der Waals surface area contributed by atoms with Gasteiger partial charge in [-0.15, -0.1) is 0 Å². The molecular weight excluding hydrogens is 531 g/mol. The number of nitrogen functional groups attached to an aromatic ring is 1. The van der Waals surface area contributed by atoms with Gasteiger partial charge < -0.3 is 0 Å². The first-order valence-corrected chi connectivity index (χ1v) is 13.7. The molecule has 26 heavy (non-hydrogen) atoms. The van der Waals surface area contributed by atoms with Crippen LogP contribution in [0.2, 0.25) is 0 Å². The normalized spacial score (nSPS) is 9.85. The molecule has 0 bridgehead atoms. The number of para-hydroxylation sites is 2. The van der Waals surface area contributed by atoms with Gasteiger partial charge in [-0.3, -0.25) is 0 Å². The SMILES string of the molecule is N=NC(=S)N(c1ccccc1)[N]([Hg][c]1ccc(N)cc1)c1ccccc1. The van der Waals surface area contributed by atoms with Crippen molar-refractivity contribution in [3.63, 3.8) is 0 Å². The molecule has 0 saturated heterocycles. The van der Waals surface area contributed by atoms with E-state index < -0.39 is 24.9 Å². The first-order chi connectivity index (χ1) is 12.7. The van der Waals surface area contributed by atoms with Crippen molar-refractivity contribution in [1.29, 1.82) is 5.53 Å². The fraction of sp³-hybridized carbons (Fsp3) is 0. The van der Waals surface area contributed by atoms with Crippen molar-refractivity contribution >= 4 is 37.5 Å². The average Bonchev–Trinajstić information content (AvgIpc) is 2.70. The van der Waals surface area contributed by atoms with Crippen LogP contribution in [0.15, 0.2) is 90.0 Å². The molecule has 0 saturated carbocycles. The van der Waals surface area contributed by atoms with Crippen LogP contribution in [0.25, 0.3) is 0 Å². The van der Waals surface area contributed by atoms with Gasteiger partial charge in [-0.25, -0.2) is 0 Å². The number of anilines is 3. The average molecular weight is 548 g/mol. The van der Waals surface area contributed by atoms with Crippen molar-refractivity contribution in [2.24, 2.45) is 5.11 Å². The Labute approximate surface area is 170 Å². The maximum atomic E-state index is 7.48. The van der Waals surface area contributed by atoms with Crippen LogP contribution in [0.4, 0.5) is 17.1 Å². The standard InChI is InChI=1S/C13H11N4S.C6H6N.Hg/c14-15-13(18)17(12-9-5-2-6-10-12)16-11-7-3-1-4-8-11;7-6-4-2-1-3-5-6;/h1-10,14H;2-5H,7H2;/q-1;;+1. The van der Waals surface area contributed by atoms with E-state index in [4.69, 9.17) is 23.5 Å². The van der Waals surface area contributed by atoms with Crippen molar-refractivity contribution in [2.45, 2.75) is 0 Å². The molecule has 0 spiro atoms. The molecule has 3 N–H and O–H groups in total. The Morgan fingerprint density at radius 3 is 1.92 bits per heavy atom. The molecule has 0 atom stereocenters. The first-order valence-electron chi connectivity index (χ1n) is 8.12. The van der Waals surface area contributed by atoms with Gasteiger partial charge in [-0.1, -0.05) is 0 Å². The third kappa shape index (κ3) is 4.45. The van der Waals surface area contributed by atoms with E-state index >= 15 is 0 Å². The molecule has 0 aliphatic carbocycles. The second-order valence-electron chi connectivity index (χ2n) is 5.68. The molecule has 0 amide bonds. The zero-order valence-corrected chi connectivity index (χ0v) is 20.4. The quantitative estimate of drug-likeness (QED) is 0.166. The summed E-state index contributed by atoms with van der Waals surface area (Å²) in [5.41, 5.74) is 16.0. The molecule has 7 heteroatoms. The fourth-order valence-corrected chi connectivity index (χ4v) is 9.56. The molecule has 5 nitrogen and oxygen atoms in total. The van der Waals surface area contributed by atoms with Gasteiger partial charge in [0.2, 0.25) is 0 Å². The predicted molar refractivity (Wildman–Crippen MR) is 106 cm³/mol. The van der Waals surface area contributed by atoms with E-state index in [9.17, 15) is 0 Å². The second-order valence-corrected chi connectivity index (χ2v) is 12.8. The van der Waals surface area contributed by atoms with E-state index in [1.165, 1.54) is 3.07 Å². The van der Waals surface area contributed by atoms with Gasteiger partial charge >= 0.3 is 171 Å². The van der Waals surface area contributed by atoms with Crippen molar-refractivity contribution in [3.8, 4) is 0 Å². The number of hydrazine groups is 1. The number of benzene rings is 3. The van der Waals surface area contributed by atoms with Gasteiger partial charge in [0.25, 0.3) is 0 Å². The van der Waals surface area contributed by atoms with Crippen LogP contribution in [0.1, 0.15) is 0 Å². The third-order valence-corrected chi connectivity index (χ3v) is 11.1. The summed E-state index contributed by atoms with van der Waals surface area (Å²) < 4.78 is 3.51. The zero-order valence-electron chi connectivity index (χ0n) is 14.1. The number of nitrogens with zero attached hydrogens (tertiary/aromatic N) is 3. The third-order valence-electron chi connectivity index (χ3n) is 3.89. The molecule has 0 aliphatic heterocycles. The Bertz CT molecular complexity index is 871. The summed E-state index contributed by atoms with van der Waals surface area (Å²) in [4.78, 5) is 0. The summed E-state index contributed by atoms with van der Waals surface area (Å²) in [6.07, 6.45) is 0. The topological polar surface area (TPSA) is 68.7 Å². The molecule has 3 aromatic rings. The molecule has 0 heterocycles. The zero-order chi connectivity index (χ0) is 18.4. The number of nitrogens with one attached hydrogen (secondary N) is 1. The molecule has 0 radical (unpaired) electrons. The monoisotopic (exact) mass is 549 g/mol. The maximum absolute atomic E-state index is 7.48. The van der Waals surface area contributed by atoms with Crippen LogP contribution in [0.5, 0.6) is 0 Å². The summed E-state index contributed by atoms with van der Waals surface area (Å²) >= 11 is 3.52. The summed E-state index contributed by atoms with van der Waals surface area (Å²) in [7, 11) is 0. The molecule has 0 fully saturated rings. The van der Waals surface area contributed by atoms with Crippen LogP contribution in [-0.2, 0) is 24.9 Å². The van der Waals surface area contributed by atoms with E-state index in [-0.39, 0.29) is 5.11 Å². The van der Waals surface area contributed by atoms with Gasteiger partial charge in [0.1, 0.15) is 0 Å². The fourth-order valence-electron chi connectivity index (χ4n) is 2.64. The van der Waals surface area contributed by atoms with Crippen LogP contribution in [-0.4, -0.2) is 5.11 Å². The Hall–Kier alpha value is -2.31. The number of thiocarbonyl (C=S) groups is 1. The predicted octanol–water partition coefficient (Wildman–Crippen LogP) is 4.14. The van der Waals surface area contributed by atoms with E-state index in [1.54, 1.807) is 0 Å². The molecule has 0 aromatic heterocycles. The minimum atomic E-state index is -1.90. The molecule has 0 unspecified atom stereocenters. The number of rotatable bonds is 5. The van der Waals surface area contributed by atoms with Gasteiger partial charge in [0.05, 0.1) is 0 Å². The van der Waals surface area contributed by atoms with E-state index in [0.717, 1.165) is 17.1 Å². The minimum absolute atomic E-state index is 0.218. The Balaban J connectivity index is 2.06. The molecule has 3 rings (SSSR count). The van der Waals surface area contributed by atoms with E-state index in [2.05, 4.69) is 32.2 Å². The molecule has 126 valence electrons. The molecule has 3 aromatic carbocycles.